The van der Waals surface area contributed by atoms with Crippen molar-refractivity contribution in [2.75, 3.05) is 32.7 Å². The first-order valence-electron chi connectivity index (χ1n) is 10.3. The second-order valence-electron chi connectivity index (χ2n) is 9.86. The average molecular weight is 386 g/mol. The van der Waals surface area contributed by atoms with E-state index in [1.807, 2.05) is 23.1 Å². The van der Waals surface area contributed by atoms with Crippen LogP contribution in [-0.2, 0) is 11.3 Å². The predicted molar refractivity (Wildman–Crippen MR) is 109 cm³/mol. The minimum Gasteiger partial charge on any atom is -0.408 e. The molecule has 6 heteroatoms. The number of aromatic nitrogens is 1. The minimum absolute atomic E-state index is 0.0125. The Balaban J connectivity index is 1.44. The zero-order valence-corrected chi connectivity index (χ0v) is 17.2. The fourth-order valence-corrected chi connectivity index (χ4v) is 5.00. The molecule has 1 unspecified atom stereocenters. The van der Waals surface area contributed by atoms with Crippen molar-refractivity contribution in [1.29, 1.82) is 0 Å². The van der Waals surface area contributed by atoms with E-state index >= 15 is 0 Å². The minimum atomic E-state index is -0.461. The van der Waals surface area contributed by atoms with E-state index in [0.717, 1.165) is 39.1 Å². The van der Waals surface area contributed by atoms with Crippen molar-refractivity contribution in [3.63, 3.8) is 0 Å². The molecule has 2 aromatic rings. The topological polar surface area (TPSA) is 58.7 Å². The fraction of sp³-hybridized carbons (Fsp3) is 0.636. The van der Waals surface area contributed by atoms with Crippen LogP contribution in [0, 0.1) is 10.8 Å². The van der Waals surface area contributed by atoms with Crippen LogP contribution in [0.4, 0.5) is 0 Å². The van der Waals surface area contributed by atoms with Gasteiger partial charge >= 0.3 is 5.76 Å². The smallest absolute Gasteiger partial charge is 0.408 e. The second kappa shape index (κ2) is 7.07. The molecule has 1 atom stereocenters. The van der Waals surface area contributed by atoms with Crippen molar-refractivity contribution in [1.82, 2.24) is 14.4 Å². The number of benzene rings is 1. The van der Waals surface area contributed by atoms with Crippen molar-refractivity contribution < 1.29 is 9.21 Å². The summed E-state index contributed by atoms with van der Waals surface area (Å²) in [5, 5.41) is 0. The molecule has 0 saturated carbocycles. The predicted octanol–water partition coefficient (Wildman–Crippen LogP) is 2.96. The summed E-state index contributed by atoms with van der Waals surface area (Å²) in [6, 6.07) is 7.27. The van der Waals surface area contributed by atoms with Crippen molar-refractivity contribution in [3.05, 3.63) is 34.8 Å². The zero-order chi connectivity index (χ0) is 19.9. The summed E-state index contributed by atoms with van der Waals surface area (Å²) in [6.07, 6.45) is 3.44. The largest absolute Gasteiger partial charge is 0.420 e. The maximum absolute atomic E-state index is 13.0. The number of rotatable bonds is 3. The molecule has 0 aliphatic carbocycles. The molecule has 1 aromatic heterocycles. The lowest BCUT2D eigenvalue weighted by atomic mass is 9.78. The highest BCUT2D eigenvalue weighted by atomic mass is 16.4. The number of likely N-dealkylation sites (tertiary alicyclic amines) is 2. The number of carbonyl (C=O) groups excluding carboxylic acids is 1. The van der Waals surface area contributed by atoms with Crippen LogP contribution in [0.25, 0.3) is 11.1 Å². The van der Waals surface area contributed by atoms with E-state index in [1.54, 1.807) is 6.07 Å². The maximum atomic E-state index is 13.0. The van der Waals surface area contributed by atoms with Gasteiger partial charge in [0.25, 0.3) is 0 Å². The van der Waals surface area contributed by atoms with Gasteiger partial charge < -0.3 is 14.2 Å². The van der Waals surface area contributed by atoms with Gasteiger partial charge in [-0.15, -0.1) is 0 Å². The molecule has 2 aliphatic heterocycles. The van der Waals surface area contributed by atoms with E-state index in [-0.39, 0.29) is 23.3 Å². The molecule has 6 nitrogen and oxygen atoms in total. The van der Waals surface area contributed by atoms with Gasteiger partial charge in [0.2, 0.25) is 5.91 Å². The number of hydrogen-bond donors (Lipinski definition) is 0. The molecule has 1 spiro atoms. The fourth-order valence-electron chi connectivity index (χ4n) is 5.00. The molecule has 2 fully saturated rings. The Morgan fingerprint density at radius 2 is 1.93 bits per heavy atom. The van der Waals surface area contributed by atoms with Gasteiger partial charge in [-0.25, -0.2) is 4.79 Å². The van der Waals surface area contributed by atoms with E-state index in [1.165, 1.54) is 17.4 Å². The quantitative estimate of drug-likeness (QED) is 0.815. The first-order chi connectivity index (χ1) is 13.2. The zero-order valence-electron chi connectivity index (χ0n) is 17.2. The first-order valence-corrected chi connectivity index (χ1v) is 10.3. The maximum Gasteiger partial charge on any atom is 0.420 e. The first kappa shape index (κ1) is 19.2. The van der Waals surface area contributed by atoms with Crippen LogP contribution in [0.1, 0.15) is 40.0 Å². The molecule has 152 valence electrons. The average Bonchev–Trinajstić information content (AvgIpc) is 3.15. The highest BCUT2D eigenvalue weighted by molar-refractivity contribution is 5.79. The lowest BCUT2D eigenvalue weighted by Gasteiger charge is -2.42. The van der Waals surface area contributed by atoms with Gasteiger partial charge in [-0.3, -0.25) is 9.36 Å². The Morgan fingerprint density at radius 3 is 2.71 bits per heavy atom. The van der Waals surface area contributed by atoms with E-state index < -0.39 is 5.76 Å². The number of nitrogens with zero attached hydrogens (tertiary/aromatic N) is 3. The summed E-state index contributed by atoms with van der Waals surface area (Å²) in [7, 11) is 0. The number of oxazole rings is 1. The van der Waals surface area contributed by atoms with Crippen molar-refractivity contribution in [3.8, 4) is 0 Å². The van der Waals surface area contributed by atoms with Gasteiger partial charge in [0.1, 0.15) is 6.54 Å². The molecule has 2 saturated heterocycles. The summed E-state index contributed by atoms with van der Waals surface area (Å²) in [5.41, 5.74) is 1.71. The van der Waals surface area contributed by atoms with E-state index in [2.05, 4.69) is 25.7 Å². The number of carbonyl (C=O) groups is 1. The molecule has 0 bridgehead atoms. The van der Waals surface area contributed by atoms with Gasteiger partial charge in [-0.2, -0.15) is 0 Å². The lowest BCUT2D eigenvalue weighted by molar-refractivity contribution is -0.131. The molecule has 1 amide bonds. The Kier molecular flexibility index (Phi) is 4.86. The Morgan fingerprint density at radius 1 is 1.14 bits per heavy atom. The third kappa shape index (κ3) is 3.88. The van der Waals surface area contributed by atoms with Gasteiger partial charge in [-0.1, -0.05) is 32.9 Å². The highest BCUT2D eigenvalue weighted by Gasteiger charge is 2.43. The molecule has 0 radical (unpaired) electrons. The van der Waals surface area contributed by atoms with Gasteiger partial charge in [-0.05, 0) is 43.4 Å². The monoisotopic (exact) mass is 385 g/mol. The van der Waals surface area contributed by atoms with Crippen LogP contribution in [0.5, 0.6) is 0 Å². The van der Waals surface area contributed by atoms with Crippen molar-refractivity contribution in [2.45, 2.75) is 46.6 Å². The van der Waals surface area contributed by atoms with Crippen LogP contribution >= 0.6 is 0 Å². The van der Waals surface area contributed by atoms with Crippen LogP contribution in [0.2, 0.25) is 0 Å². The van der Waals surface area contributed by atoms with Crippen molar-refractivity contribution >= 4 is 17.0 Å². The van der Waals surface area contributed by atoms with E-state index in [9.17, 15) is 9.59 Å². The van der Waals surface area contributed by atoms with Crippen LogP contribution in [0.15, 0.2) is 33.5 Å². The molecular weight excluding hydrogens is 354 g/mol. The normalized spacial score (nSPS) is 23.8. The summed E-state index contributed by atoms with van der Waals surface area (Å²) in [4.78, 5) is 29.7. The third-order valence-electron chi connectivity index (χ3n) is 6.10. The molecule has 2 aliphatic rings. The Hall–Kier alpha value is -2.08. The number of piperidine rings is 1. The highest BCUT2D eigenvalue weighted by Crippen LogP contribution is 2.39. The summed E-state index contributed by atoms with van der Waals surface area (Å²) in [5.74, 6) is -0.448. The van der Waals surface area contributed by atoms with E-state index in [0.29, 0.717) is 11.1 Å². The number of hydrogen-bond acceptors (Lipinski definition) is 4. The van der Waals surface area contributed by atoms with Gasteiger partial charge in [0, 0.05) is 31.6 Å². The summed E-state index contributed by atoms with van der Waals surface area (Å²) >= 11 is 0. The summed E-state index contributed by atoms with van der Waals surface area (Å²) in [6.45, 7) is 11.8. The number of para-hydroxylation sites is 2. The molecule has 3 heterocycles. The van der Waals surface area contributed by atoms with Gasteiger partial charge in [0.05, 0.1) is 5.52 Å². The molecule has 0 N–H and O–H groups in total. The SMILES string of the molecule is CC(C)(C)CN1CCCC2(CCN(C(=O)Cn3c(=O)oc4ccccc43)C2)C1. The van der Waals surface area contributed by atoms with E-state index in [4.69, 9.17) is 4.42 Å². The molecule has 4 rings (SSSR count). The lowest BCUT2D eigenvalue weighted by Crippen LogP contribution is -2.47. The van der Waals surface area contributed by atoms with Crippen LogP contribution < -0.4 is 5.76 Å². The Bertz CT molecular complexity index is 923. The van der Waals surface area contributed by atoms with Gasteiger partial charge in [0.15, 0.2) is 5.58 Å². The number of amides is 1. The molecular formula is C22H31N3O3. The molecule has 28 heavy (non-hydrogen) atoms. The standard InChI is InChI=1S/C22H31N3O3/c1-21(2,3)14-23-11-6-9-22(15-23)10-12-24(16-22)19(26)13-25-17-7-4-5-8-18(17)28-20(25)27/h4-5,7-8H,6,9-16H2,1-3H3. The summed E-state index contributed by atoms with van der Waals surface area (Å²) < 4.78 is 6.72. The van der Waals surface area contributed by atoms with Crippen LogP contribution in [-0.4, -0.2) is 53.0 Å². The van der Waals surface area contributed by atoms with Crippen molar-refractivity contribution in [2.24, 2.45) is 10.8 Å². The number of fused-ring (bicyclic) bond motifs is 1. The Labute approximate surface area is 166 Å². The second-order valence-corrected chi connectivity index (χ2v) is 9.86. The van der Waals surface area contributed by atoms with Crippen LogP contribution in [0.3, 0.4) is 0 Å². The molecule has 1 aromatic carbocycles. The third-order valence-corrected chi connectivity index (χ3v) is 6.10.